The summed E-state index contributed by atoms with van der Waals surface area (Å²) in [6, 6.07) is 12.4. The van der Waals surface area contributed by atoms with Crippen molar-refractivity contribution in [3.05, 3.63) is 80.5 Å². The molecular weight excluding hydrogens is 370 g/mol. The number of hydrogen-bond acceptors (Lipinski definition) is 2. The van der Waals surface area contributed by atoms with Gasteiger partial charge in [0, 0.05) is 11.8 Å². The molecule has 0 spiro atoms. The maximum absolute atomic E-state index is 12.3. The van der Waals surface area contributed by atoms with Crippen molar-refractivity contribution in [3.63, 3.8) is 0 Å². The SMILES string of the molecule is CC1(C)CCC(C)(C)c2cc(/C=C/C(=O)Nc3ccc(Cl)c(=O)cc3)ccc21. The molecule has 1 aliphatic carbocycles. The summed E-state index contributed by atoms with van der Waals surface area (Å²) in [6.45, 7) is 9.16. The van der Waals surface area contributed by atoms with Gasteiger partial charge >= 0.3 is 0 Å². The number of hydrogen-bond donors (Lipinski definition) is 1. The van der Waals surface area contributed by atoms with E-state index >= 15 is 0 Å². The molecule has 0 heterocycles. The fourth-order valence-electron chi connectivity index (χ4n) is 3.69. The van der Waals surface area contributed by atoms with Crippen molar-refractivity contribution >= 4 is 29.3 Å². The predicted octanol–water partition coefficient (Wildman–Crippen LogP) is 5.70. The molecule has 0 bridgehead atoms. The first kappa shape index (κ1) is 20.3. The molecule has 146 valence electrons. The maximum atomic E-state index is 12.3. The van der Waals surface area contributed by atoms with E-state index in [-0.39, 0.29) is 27.2 Å². The summed E-state index contributed by atoms with van der Waals surface area (Å²) in [5.74, 6) is -0.257. The molecule has 1 N–H and O–H groups in total. The van der Waals surface area contributed by atoms with Crippen LogP contribution in [0.2, 0.25) is 5.02 Å². The van der Waals surface area contributed by atoms with Crippen LogP contribution in [-0.4, -0.2) is 5.91 Å². The third-order valence-electron chi connectivity index (χ3n) is 5.63. The molecule has 1 amide bonds. The van der Waals surface area contributed by atoms with Crippen molar-refractivity contribution in [1.29, 1.82) is 0 Å². The average molecular weight is 396 g/mol. The highest BCUT2D eigenvalue weighted by molar-refractivity contribution is 6.30. The maximum Gasteiger partial charge on any atom is 0.248 e. The normalized spacial score (nSPS) is 17.2. The molecule has 0 unspecified atom stereocenters. The number of carbonyl (C=O) groups is 1. The standard InChI is InChI=1S/C24H26ClNO2/c1-23(2)13-14-24(3,4)19-15-16(5-9-18(19)23)6-12-22(28)26-17-7-10-20(25)21(27)11-8-17/h5-12,15H,13-14H2,1-4H3,(H,26,28)/b12-6+. The van der Waals surface area contributed by atoms with Crippen molar-refractivity contribution in [3.8, 4) is 0 Å². The Morgan fingerprint density at radius 3 is 2.32 bits per heavy atom. The molecule has 0 aliphatic heterocycles. The van der Waals surface area contributed by atoms with Crippen molar-refractivity contribution in [2.45, 2.75) is 51.4 Å². The van der Waals surface area contributed by atoms with Crippen LogP contribution in [0.5, 0.6) is 0 Å². The summed E-state index contributed by atoms with van der Waals surface area (Å²) in [4.78, 5) is 23.8. The second-order valence-corrected chi connectivity index (χ2v) is 9.14. The summed E-state index contributed by atoms with van der Waals surface area (Å²) in [5.41, 5.74) is 4.30. The zero-order chi connectivity index (χ0) is 20.5. The Morgan fingerprint density at radius 1 is 0.964 bits per heavy atom. The van der Waals surface area contributed by atoms with Gasteiger partial charge in [0.15, 0.2) is 5.43 Å². The minimum absolute atomic E-state index is 0.121. The molecule has 0 atom stereocenters. The summed E-state index contributed by atoms with van der Waals surface area (Å²) in [6.07, 6.45) is 5.65. The number of halogens is 1. The van der Waals surface area contributed by atoms with Gasteiger partial charge in [-0.05, 0) is 70.7 Å². The third kappa shape index (κ3) is 4.36. The van der Waals surface area contributed by atoms with Gasteiger partial charge in [-0.3, -0.25) is 9.59 Å². The zero-order valence-corrected chi connectivity index (χ0v) is 17.6. The van der Waals surface area contributed by atoms with Gasteiger partial charge in [0.2, 0.25) is 5.91 Å². The van der Waals surface area contributed by atoms with Gasteiger partial charge in [-0.2, -0.15) is 0 Å². The van der Waals surface area contributed by atoms with Gasteiger partial charge in [0.1, 0.15) is 0 Å². The van der Waals surface area contributed by atoms with Crippen LogP contribution >= 0.6 is 11.6 Å². The molecule has 28 heavy (non-hydrogen) atoms. The highest BCUT2D eigenvalue weighted by Crippen LogP contribution is 2.45. The third-order valence-corrected chi connectivity index (χ3v) is 5.94. The van der Waals surface area contributed by atoms with Gasteiger partial charge in [-0.1, -0.05) is 57.5 Å². The fraction of sp³-hybridized carbons (Fsp3) is 0.333. The Bertz CT molecular complexity index is 1010. The van der Waals surface area contributed by atoms with Crippen LogP contribution in [0.4, 0.5) is 5.69 Å². The second kappa shape index (κ2) is 7.56. The minimum Gasteiger partial charge on any atom is -0.323 e. The molecule has 0 aromatic heterocycles. The summed E-state index contributed by atoms with van der Waals surface area (Å²) < 4.78 is 0. The Kier molecular flexibility index (Phi) is 5.49. The smallest absolute Gasteiger partial charge is 0.248 e. The Morgan fingerprint density at radius 2 is 1.61 bits per heavy atom. The van der Waals surface area contributed by atoms with Crippen LogP contribution in [0.25, 0.3) is 6.08 Å². The van der Waals surface area contributed by atoms with E-state index in [0.717, 1.165) is 12.0 Å². The molecule has 2 aromatic rings. The molecule has 2 aromatic carbocycles. The minimum atomic E-state index is -0.280. The largest absolute Gasteiger partial charge is 0.323 e. The lowest BCUT2D eigenvalue weighted by molar-refractivity contribution is -0.111. The Balaban J connectivity index is 1.80. The number of carbonyl (C=O) groups excluding carboxylic acids is 1. The van der Waals surface area contributed by atoms with Gasteiger partial charge < -0.3 is 5.32 Å². The molecule has 0 radical (unpaired) electrons. The van der Waals surface area contributed by atoms with E-state index in [0.29, 0.717) is 5.69 Å². The van der Waals surface area contributed by atoms with E-state index in [1.807, 2.05) is 6.08 Å². The number of amides is 1. The number of nitrogens with one attached hydrogen (secondary N) is 1. The Labute approximate surface area is 171 Å². The fourth-order valence-corrected chi connectivity index (χ4v) is 3.82. The van der Waals surface area contributed by atoms with Gasteiger partial charge in [0.25, 0.3) is 0 Å². The summed E-state index contributed by atoms with van der Waals surface area (Å²) >= 11 is 5.80. The van der Waals surface area contributed by atoms with Crippen molar-refractivity contribution in [2.24, 2.45) is 0 Å². The summed E-state index contributed by atoms with van der Waals surface area (Å²) in [5, 5.41) is 2.88. The first-order valence-electron chi connectivity index (χ1n) is 9.52. The monoisotopic (exact) mass is 395 g/mol. The van der Waals surface area contributed by atoms with Gasteiger partial charge in [0.05, 0.1) is 5.02 Å². The molecule has 0 fully saturated rings. The van der Waals surface area contributed by atoms with Crippen molar-refractivity contribution in [1.82, 2.24) is 0 Å². The predicted molar refractivity (Wildman–Crippen MR) is 117 cm³/mol. The highest BCUT2D eigenvalue weighted by atomic mass is 35.5. The van der Waals surface area contributed by atoms with E-state index in [2.05, 4.69) is 51.2 Å². The molecule has 0 saturated heterocycles. The second-order valence-electron chi connectivity index (χ2n) is 8.73. The first-order valence-corrected chi connectivity index (χ1v) is 9.90. The van der Waals surface area contributed by atoms with E-state index in [1.54, 1.807) is 12.1 Å². The molecule has 1 aliphatic rings. The quantitative estimate of drug-likeness (QED) is 0.677. The van der Waals surface area contributed by atoms with E-state index in [4.69, 9.17) is 11.6 Å². The zero-order valence-electron chi connectivity index (χ0n) is 16.8. The van der Waals surface area contributed by atoms with Gasteiger partial charge in [-0.25, -0.2) is 0 Å². The van der Waals surface area contributed by atoms with Crippen LogP contribution in [0, 0.1) is 0 Å². The van der Waals surface area contributed by atoms with Crippen LogP contribution in [0.15, 0.2) is 53.3 Å². The van der Waals surface area contributed by atoms with E-state index in [1.165, 1.54) is 35.8 Å². The molecule has 3 nitrogen and oxygen atoms in total. The van der Waals surface area contributed by atoms with Crippen LogP contribution in [0.3, 0.4) is 0 Å². The Hall–Kier alpha value is -2.39. The van der Waals surface area contributed by atoms with Crippen molar-refractivity contribution in [2.75, 3.05) is 5.32 Å². The topological polar surface area (TPSA) is 46.2 Å². The highest BCUT2D eigenvalue weighted by Gasteiger charge is 2.36. The first-order chi connectivity index (χ1) is 13.1. The lowest BCUT2D eigenvalue weighted by Gasteiger charge is -2.42. The molecule has 0 saturated carbocycles. The van der Waals surface area contributed by atoms with E-state index in [9.17, 15) is 9.59 Å². The average Bonchev–Trinajstić information content (AvgIpc) is 2.80. The van der Waals surface area contributed by atoms with E-state index < -0.39 is 0 Å². The molecule has 3 rings (SSSR count). The molecular formula is C24H26ClNO2. The molecule has 4 heteroatoms. The lowest BCUT2D eigenvalue weighted by Crippen LogP contribution is -2.33. The van der Waals surface area contributed by atoms with Crippen LogP contribution < -0.4 is 10.7 Å². The number of rotatable bonds is 3. The number of fused-ring (bicyclic) bond motifs is 1. The van der Waals surface area contributed by atoms with Crippen LogP contribution in [-0.2, 0) is 15.6 Å². The summed E-state index contributed by atoms with van der Waals surface area (Å²) in [7, 11) is 0. The van der Waals surface area contributed by atoms with Gasteiger partial charge in [-0.15, -0.1) is 0 Å². The number of anilines is 1. The lowest BCUT2D eigenvalue weighted by atomic mass is 9.63. The number of benzene rings is 1. The van der Waals surface area contributed by atoms with Crippen LogP contribution in [0.1, 0.15) is 57.2 Å². The van der Waals surface area contributed by atoms with Crippen molar-refractivity contribution < 1.29 is 4.79 Å².